The summed E-state index contributed by atoms with van der Waals surface area (Å²) in [7, 11) is 0. The Morgan fingerprint density at radius 1 is 1.38 bits per heavy atom. The Labute approximate surface area is 106 Å². The molecule has 2 heterocycles. The second kappa shape index (κ2) is 6.77. The average molecular weight is 260 g/mol. The van der Waals surface area contributed by atoms with E-state index in [0.29, 0.717) is 17.0 Å². The van der Waals surface area contributed by atoms with Crippen LogP contribution >= 0.6 is 23.5 Å². The van der Waals surface area contributed by atoms with Gasteiger partial charge in [0.25, 0.3) is 0 Å². The van der Waals surface area contributed by atoms with Crippen LogP contribution in [0.2, 0.25) is 0 Å². The molecule has 1 amide bonds. The lowest BCUT2D eigenvalue weighted by molar-refractivity contribution is -0.119. The number of thioether (sulfide) groups is 2. The first-order valence-electron chi connectivity index (χ1n) is 6.04. The van der Waals surface area contributed by atoms with E-state index in [-0.39, 0.29) is 5.91 Å². The molecule has 3 nitrogen and oxygen atoms in total. The van der Waals surface area contributed by atoms with Gasteiger partial charge in [0.05, 0.1) is 5.75 Å². The summed E-state index contributed by atoms with van der Waals surface area (Å²) in [6.45, 7) is 2.22. The second-order valence-electron chi connectivity index (χ2n) is 4.39. The standard InChI is InChI=1S/C11H20N2OS2/c14-11(13-9-3-6-15-7-9)8-16-10-1-4-12-5-2-10/h9-10,12H,1-8H2,(H,13,14). The van der Waals surface area contributed by atoms with Gasteiger partial charge in [-0.2, -0.15) is 11.8 Å². The number of amides is 1. The molecule has 2 aliphatic heterocycles. The number of rotatable bonds is 4. The van der Waals surface area contributed by atoms with Crippen molar-refractivity contribution in [2.75, 3.05) is 30.3 Å². The topological polar surface area (TPSA) is 41.1 Å². The van der Waals surface area contributed by atoms with Gasteiger partial charge in [-0.1, -0.05) is 0 Å². The van der Waals surface area contributed by atoms with E-state index in [2.05, 4.69) is 10.6 Å². The molecule has 2 rings (SSSR count). The molecule has 2 fully saturated rings. The number of piperidine rings is 1. The maximum atomic E-state index is 11.7. The smallest absolute Gasteiger partial charge is 0.230 e. The first-order chi connectivity index (χ1) is 7.84. The molecule has 0 aromatic carbocycles. The van der Waals surface area contributed by atoms with E-state index in [1.54, 1.807) is 0 Å². The quantitative estimate of drug-likeness (QED) is 0.794. The highest BCUT2D eigenvalue weighted by Gasteiger charge is 2.19. The minimum Gasteiger partial charge on any atom is -0.352 e. The molecule has 0 radical (unpaired) electrons. The van der Waals surface area contributed by atoms with Crippen LogP contribution in [0, 0.1) is 0 Å². The highest BCUT2D eigenvalue weighted by atomic mass is 32.2. The Hall–Kier alpha value is 0.130. The number of hydrogen-bond acceptors (Lipinski definition) is 4. The third-order valence-electron chi connectivity index (χ3n) is 3.03. The summed E-state index contributed by atoms with van der Waals surface area (Å²) in [5.41, 5.74) is 0. The van der Waals surface area contributed by atoms with Gasteiger partial charge in [0.1, 0.15) is 0 Å². The van der Waals surface area contributed by atoms with E-state index in [1.807, 2.05) is 23.5 Å². The maximum absolute atomic E-state index is 11.7. The van der Waals surface area contributed by atoms with Crippen molar-refractivity contribution in [3.8, 4) is 0 Å². The fourth-order valence-corrected chi connectivity index (χ4v) is 4.27. The Morgan fingerprint density at radius 2 is 2.19 bits per heavy atom. The molecule has 5 heteroatoms. The molecular weight excluding hydrogens is 240 g/mol. The van der Waals surface area contributed by atoms with Gasteiger partial charge in [0, 0.05) is 17.0 Å². The summed E-state index contributed by atoms with van der Waals surface area (Å²) in [4.78, 5) is 11.7. The zero-order valence-corrected chi connectivity index (χ0v) is 11.2. The molecule has 0 aromatic rings. The largest absolute Gasteiger partial charge is 0.352 e. The van der Waals surface area contributed by atoms with Gasteiger partial charge in [-0.05, 0) is 38.1 Å². The summed E-state index contributed by atoms with van der Waals surface area (Å²) in [6.07, 6.45) is 3.56. The van der Waals surface area contributed by atoms with Crippen molar-refractivity contribution in [1.29, 1.82) is 0 Å². The molecule has 2 N–H and O–H groups in total. The first-order valence-corrected chi connectivity index (χ1v) is 8.24. The van der Waals surface area contributed by atoms with Crippen molar-refractivity contribution in [3.05, 3.63) is 0 Å². The third-order valence-corrected chi connectivity index (χ3v) is 5.57. The Kier molecular flexibility index (Phi) is 5.32. The van der Waals surface area contributed by atoms with Crippen molar-refractivity contribution in [2.24, 2.45) is 0 Å². The van der Waals surface area contributed by atoms with E-state index >= 15 is 0 Å². The summed E-state index contributed by atoms with van der Waals surface area (Å²) in [5, 5.41) is 7.15. The first kappa shape index (κ1) is 12.6. The van der Waals surface area contributed by atoms with Gasteiger partial charge >= 0.3 is 0 Å². The van der Waals surface area contributed by atoms with Crippen LogP contribution < -0.4 is 10.6 Å². The summed E-state index contributed by atoms with van der Waals surface area (Å²) in [5.74, 6) is 3.18. The molecule has 16 heavy (non-hydrogen) atoms. The molecule has 0 saturated carbocycles. The van der Waals surface area contributed by atoms with Crippen molar-refractivity contribution in [2.45, 2.75) is 30.6 Å². The Bertz CT molecular complexity index is 226. The SMILES string of the molecule is O=C(CSC1CCNCC1)NC1CCSC1. The normalized spacial score (nSPS) is 26.9. The second-order valence-corrected chi connectivity index (χ2v) is 6.83. The molecule has 92 valence electrons. The van der Waals surface area contributed by atoms with Crippen LogP contribution in [0.4, 0.5) is 0 Å². The zero-order chi connectivity index (χ0) is 11.2. The van der Waals surface area contributed by atoms with Gasteiger partial charge in [0.15, 0.2) is 0 Å². The summed E-state index contributed by atoms with van der Waals surface area (Å²) in [6, 6.07) is 0.436. The molecular formula is C11H20N2OS2. The van der Waals surface area contributed by atoms with Crippen LogP contribution in [0.3, 0.4) is 0 Å². The fourth-order valence-electron chi connectivity index (χ4n) is 2.07. The fraction of sp³-hybridized carbons (Fsp3) is 0.909. The minimum atomic E-state index is 0.232. The molecule has 0 aliphatic carbocycles. The van der Waals surface area contributed by atoms with E-state index in [0.717, 1.165) is 25.3 Å². The Balaban J connectivity index is 1.59. The molecule has 2 aliphatic rings. The molecule has 2 saturated heterocycles. The van der Waals surface area contributed by atoms with Crippen LogP contribution in [-0.2, 0) is 4.79 Å². The number of carbonyl (C=O) groups excluding carboxylic acids is 1. The van der Waals surface area contributed by atoms with Crippen LogP contribution in [-0.4, -0.2) is 47.5 Å². The predicted molar refractivity (Wildman–Crippen MR) is 72.2 cm³/mol. The number of nitrogens with one attached hydrogen (secondary N) is 2. The highest BCUT2D eigenvalue weighted by molar-refractivity contribution is 8.00. The molecule has 0 spiro atoms. The lowest BCUT2D eigenvalue weighted by Gasteiger charge is -2.22. The van der Waals surface area contributed by atoms with Gasteiger partial charge < -0.3 is 10.6 Å². The molecule has 0 bridgehead atoms. The zero-order valence-electron chi connectivity index (χ0n) is 9.54. The lowest BCUT2D eigenvalue weighted by atomic mass is 10.2. The van der Waals surface area contributed by atoms with Crippen molar-refractivity contribution in [1.82, 2.24) is 10.6 Å². The predicted octanol–water partition coefficient (Wildman–Crippen LogP) is 1.09. The van der Waals surface area contributed by atoms with Crippen LogP contribution in [0.25, 0.3) is 0 Å². The minimum absolute atomic E-state index is 0.232. The van der Waals surface area contributed by atoms with Crippen LogP contribution in [0.15, 0.2) is 0 Å². The maximum Gasteiger partial charge on any atom is 0.230 e. The highest BCUT2D eigenvalue weighted by Crippen LogP contribution is 2.20. The van der Waals surface area contributed by atoms with Crippen molar-refractivity contribution >= 4 is 29.4 Å². The lowest BCUT2D eigenvalue weighted by Crippen LogP contribution is -2.36. The average Bonchev–Trinajstić information content (AvgIpc) is 2.81. The number of hydrogen-bond donors (Lipinski definition) is 2. The summed E-state index contributed by atoms with van der Waals surface area (Å²) >= 11 is 3.77. The van der Waals surface area contributed by atoms with Gasteiger partial charge in [-0.3, -0.25) is 4.79 Å². The molecule has 1 atom stereocenters. The van der Waals surface area contributed by atoms with E-state index in [9.17, 15) is 4.79 Å². The van der Waals surface area contributed by atoms with E-state index in [4.69, 9.17) is 0 Å². The van der Waals surface area contributed by atoms with Gasteiger partial charge in [-0.15, -0.1) is 11.8 Å². The molecule has 1 unspecified atom stereocenters. The number of carbonyl (C=O) groups is 1. The van der Waals surface area contributed by atoms with Crippen LogP contribution in [0.1, 0.15) is 19.3 Å². The van der Waals surface area contributed by atoms with Gasteiger partial charge in [-0.25, -0.2) is 0 Å². The van der Waals surface area contributed by atoms with Gasteiger partial charge in [0.2, 0.25) is 5.91 Å². The summed E-state index contributed by atoms with van der Waals surface area (Å²) < 4.78 is 0. The van der Waals surface area contributed by atoms with Crippen molar-refractivity contribution in [3.63, 3.8) is 0 Å². The monoisotopic (exact) mass is 260 g/mol. The van der Waals surface area contributed by atoms with E-state index in [1.165, 1.54) is 18.6 Å². The van der Waals surface area contributed by atoms with Crippen LogP contribution in [0.5, 0.6) is 0 Å². The molecule has 0 aromatic heterocycles. The Morgan fingerprint density at radius 3 is 2.88 bits per heavy atom. The van der Waals surface area contributed by atoms with E-state index < -0.39 is 0 Å². The third kappa shape index (κ3) is 4.18. The van der Waals surface area contributed by atoms with Crippen molar-refractivity contribution < 1.29 is 4.79 Å².